The van der Waals surface area contributed by atoms with Crippen LogP contribution in [-0.2, 0) is 4.79 Å². The topological polar surface area (TPSA) is 75.2 Å². The van der Waals surface area contributed by atoms with Gasteiger partial charge in [-0.2, -0.15) is 0 Å². The Hall–Kier alpha value is -2.02. The van der Waals surface area contributed by atoms with E-state index in [-0.39, 0.29) is 11.8 Å². The van der Waals surface area contributed by atoms with Crippen LogP contribution in [0.4, 0.5) is 0 Å². The van der Waals surface area contributed by atoms with Gasteiger partial charge < -0.3 is 10.2 Å². The maximum absolute atomic E-state index is 12.5. The Labute approximate surface area is 145 Å². The molecule has 6 nitrogen and oxygen atoms in total. The Morgan fingerprint density at radius 3 is 2.79 bits per heavy atom. The molecule has 24 heavy (non-hydrogen) atoms. The highest BCUT2D eigenvalue weighted by Gasteiger charge is 2.20. The average Bonchev–Trinajstić information content (AvgIpc) is 3.07. The summed E-state index contributed by atoms with van der Waals surface area (Å²) in [5.41, 5.74) is 1.86. The van der Waals surface area contributed by atoms with Gasteiger partial charge in [-0.15, -0.1) is 11.3 Å². The van der Waals surface area contributed by atoms with Crippen molar-refractivity contribution in [1.82, 2.24) is 20.2 Å². The zero-order valence-electron chi connectivity index (χ0n) is 14.3. The van der Waals surface area contributed by atoms with Gasteiger partial charge in [-0.05, 0) is 39.2 Å². The Bertz CT molecular complexity index is 799. The van der Waals surface area contributed by atoms with Gasteiger partial charge in [-0.1, -0.05) is 0 Å². The highest BCUT2D eigenvalue weighted by molar-refractivity contribution is 7.20. The van der Waals surface area contributed by atoms with E-state index in [1.807, 2.05) is 25.7 Å². The number of amides is 2. The molecular formula is C17H22N4O2S. The largest absolute Gasteiger partial charge is 0.351 e. The lowest BCUT2D eigenvalue weighted by molar-refractivity contribution is -0.127. The number of hydrogen-bond acceptors (Lipinski definition) is 5. The van der Waals surface area contributed by atoms with Crippen LogP contribution in [0.5, 0.6) is 0 Å². The first kappa shape index (κ1) is 16.8. The van der Waals surface area contributed by atoms with Gasteiger partial charge in [0.15, 0.2) is 0 Å². The van der Waals surface area contributed by atoms with Crippen molar-refractivity contribution in [1.29, 1.82) is 0 Å². The molecular weight excluding hydrogens is 324 g/mol. The van der Waals surface area contributed by atoms with Crippen molar-refractivity contribution < 1.29 is 9.59 Å². The zero-order valence-corrected chi connectivity index (χ0v) is 15.1. The number of thiophene rings is 1. The van der Waals surface area contributed by atoms with Crippen LogP contribution in [0.3, 0.4) is 0 Å². The SMILES string of the molecule is Cc1nc(C)c2c(C)c(C(=O)NCCCN3CCCC3=O)sc2n1. The van der Waals surface area contributed by atoms with Crippen molar-refractivity contribution in [3.63, 3.8) is 0 Å². The number of hydrogen-bond donors (Lipinski definition) is 1. The first-order valence-electron chi connectivity index (χ1n) is 8.27. The van der Waals surface area contributed by atoms with Crippen LogP contribution in [0.15, 0.2) is 0 Å². The molecule has 3 rings (SSSR count). The third kappa shape index (κ3) is 3.26. The molecule has 128 valence electrons. The van der Waals surface area contributed by atoms with Gasteiger partial charge in [0.25, 0.3) is 5.91 Å². The molecule has 2 amide bonds. The van der Waals surface area contributed by atoms with E-state index in [9.17, 15) is 9.59 Å². The lowest BCUT2D eigenvalue weighted by Gasteiger charge is -2.15. The molecule has 7 heteroatoms. The number of nitrogens with zero attached hydrogens (tertiary/aromatic N) is 3. The number of carbonyl (C=O) groups excluding carboxylic acids is 2. The molecule has 0 bridgehead atoms. The van der Waals surface area contributed by atoms with E-state index in [1.54, 1.807) is 0 Å². The Kier molecular flexibility index (Phi) is 4.80. The quantitative estimate of drug-likeness (QED) is 0.843. The summed E-state index contributed by atoms with van der Waals surface area (Å²) in [6, 6.07) is 0. The normalized spacial score (nSPS) is 14.6. The Morgan fingerprint density at radius 1 is 1.29 bits per heavy atom. The molecule has 0 aliphatic carbocycles. The molecule has 1 saturated heterocycles. The monoisotopic (exact) mass is 346 g/mol. The van der Waals surface area contributed by atoms with Gasteiger partial charge in [-0.25, -0.2) is 9.97 Å². The summed E-state index contributed by atoms with van der Waals surface area (Å²) in [5.74, 6) is 0.884. The van der Waals surface area contributed by atoms with Crippen LogP contribution in [0.1, 0.15) is 46.0 Å². The van der Waals surface area contributed by atoms with Crippen LogP contribution in [0, 0.1) is 20.8 Å². The van der Waals surface area contributed by atoms with E-state index in [0.717, 1.165) is 46.7 Å². The van der Waals surface area contributed by atoms with Crippen LogP contribution in [0.2, 0.25) is 0 Å². The summed E-state index contributed by atoms with van der Waals surface area (Å²) >= 11 is 1.42. The second-order valence-corrected chi connectivity index (χ2v) is 7.19. The smallest absolute Gasteiger partial charge is 0.261 e. The maximum Gasteiger partial charge on any atom is 0.261 e. The molecule has 2 aromatic rings. The molecule has 0 saturated carbocycles. The number of carbonyl (C=O) groups is 2. The highest BCUT2D eigenvalue weighted by atomic mass is 32.1. The second kappa shape index (κ2) is 6.84. The maximum atomic E-state index is 12.5. The average molecular weight is 346 g/mol. The molecule has 0 aromatic carbocycles. The molecule has 3 heterocycles. The molecule has 0 radical (unpaired) electrons. The second-order valence-electron chi connectivity index (χ2n) is 6.19. The third-order valence-corrected chi connectivity index (χ3v) is 5.54. The van der Waals surface area contributed by atoms with Gasteiger partial charge in [0.2, 0.25) is 5.91 Å². The fourth-order valence-electron chi connectivity index (χ4n) is 3.18. The van der Waals surface area contributed by atoms with Crippen molar-refractivity contribution in [2.75, 3.05) is 19.6 Å². The minimum atomic E-state index is -0.0692. The van der Waals surface area contributed by atoms with Gasteiger partial charge in [0, 0.05) is 37.1 Å². The Balaban J connectivity index is 1.63. The van der Waals surface area contributed by atoms with Crippen LogP contribution >= 0.6 is 11.3 Å². The van der Waals surface area contributed by atoms with Gasteiger partial charge in [-0.3, -0.25) is 9.59 Å². The standard InChI is InChI=1S/C17H22N4O2S/c1-10-14-11(2)19-12(3)20-17(14)24-15(10)16(23)18-7-5-9-21-8-4-6-13(21)22/h4-9H2,1-3H3,(H,18,23). The van der Waals surface area contributed by atoms with Crippen molar-refractivity contribution in [2.45, 2.75) is 40.0 Å². The lowest BCUT2D eigenvalue weighted by atomic mass is 10.1. The molecule has 0 unspecified atom stereocenters. The van der Waals surface area contributed by atoms with Crippen LogP contribution in [0.25, 0.3) is 10.2 Å². The minimum Gasteiger partial charge on any atom is -0.351 e. The molecule has 0 spiro atoms. The van der Waals surface area contributed by atoms with E-state index in [1.165, 1.54) is 11.3 Å². The fraction of sp³-hybridized carbons (Fsp3) is 0.529. The molecule has 1 fully saturated rings. The molecule has 1 aliphatic rings. The highest BCUT2D eigenvalue weighted by Crippen LogP contribution is 2.31. The summed E-state index contributed by atoms with van der Waals surface area (Å²) in [5, 5.41) is 3.94. The number of aromatic nitrogens is 2. The predicted molar refractivity (Wildman–Crippen MR) is 94.4 cm³/mol. The van der Waals surface area contributed by atoms with E-state index < -0.39 is 0 Å². The third-order valence-electron chi connectivity index (χ3n) is 4.35. The zero-order chi connectivity index (χ0) is 17.3. The predicted octanol–water partition coefficient (Wildman–Crippen LogP) is 2.36. The molecule has 2 aromatic heterocycles. The summed E-state index contributed by atoms with van der Waals surface area (Å²) < 4.78 is 0. The van der Waals surface area contributed by atoms with Crippen LogP contribution < -0.4 is 5.32 Å². The van der Waals surface area contributed by atoms with Crippen molar-refractivity contribution >= 4 is 33.4 Å². The van der Waals surface area contributed by atoms with Gasteiger partial charge >= 0.3 is 0 Å². The van der Waals surface area contributed by atoms with Crippen LogP contribution in [-0.4, -0.2) is 46.3 Å². The Morgan fingerprint density at radius 2 is 2.08 bits per heavy atom. The van der Waals surface area contributed by atoms with E-state index in [0.29, 0.717) is 24.4 Å². The first-order chi connectivity index (χ1) is 11.5. The summed E-state index contributed by atoms with van der Waals surface area (Å²) in [6.07, 6.45) is 2.39. The fourth-order valence-corrected chi connectivity index (χ4v) is 4.38. The number of aryl methyl sites for hydroxylation is 3. The van der Waals surface area contributed by atoms with Crippen molar-refractivity contribution in [3.05, 3.63) is 22.0 Å². The lowest BCUT2D eigenvalue weighted by Crippen LogP contribution is -2.30. The number of fused-ring (bicyclic) bond motifs is 1. The summed E-state index contributed by atoms with van der Waals surface area (Å²) in [4.78, 5) is 36.3. The van der Waals surface area contributed by atoms with E-state index >= 15 is 0 Å². The number of likely N-dealkylation sites (tertiary alicyclic amines) is 1. The molecule has 1 N–H and O–H groups in total. The van der Waals surface area contributed by atoms with E-state index in [2.05, 4.69) is 15.3 Å². The van der Waals surface area contributed by atoms with Crippen molar-refractivity contribution in [3.8, 4) is 0 Å². The summed E-state index contributed by atoms with van der Waals surface area (Å²) in [7, 11) is 0. The van der Waals surface area contributed by atoms with Gasteiger partial charge in [0.1, 0.15) is 10.7 Å². The first-order valence-corrected chi connectivity index (χ1v) is 9.09. The number of rotatable bonds is 5. The van der Waals surface area contributed by atoms with Gasteiger partial charge in [0.05, 0.1) is 4.88 Å². The summed E-state index contributed by atoms with van der Waals surface area (Å²) in [6.45, 7) is 7.89. The van der Waals surface area contributed by atoms with E-state index in [4.69, 9.17) is 0 Å². The number of nitrogens with one attached hydrogen (secondary N) is 1. The molecule has 0 atom stereocenters. The minimum absolute atomic E-state index is 0.0692. The van der Waals surface area contributed by atoms with Crippen molar-refractivity contribution in [2.24, 2.45) is 0 Å². The molecule has 1 aliphatic heterocycles.